The summed E-state index contributed by atoms with van der Waals surface area (Å²) in [6.45, 7) is 5.64. The molecule has 1 amide bonds. The average molecular weight is 406 g/mol. The van der Waals surface area contributed by atoms with Crippen LogP contribution in [-0.4, -0.2) is 25.1 Å². The molecule has 0 spiro atoms. The van der Waals surface area contributed by atoms with Gasteiger partial charge in [0.2, 0.25) is 0 Å². The molecule has 0 saturated heterocycles. The Balaban J connectivity index is 2.01. The van der Waals surface area contributed by atoms with Crippen molar-refractivity contribution < 1.29 is 19.1 Å². The first-order chi connectivity index (χ1) is 11.9. The van der Waals surface area contributed by atoms with E-state index in [1.54, 1.807) is 38.1 Å². The maximum Gasteiger partial charge on any atom is 0.338 e. The van der Waals surface area contributed by atoms with Crippen molar-refractivity contribution in [2.45, 2.75) is 20.8 Å². The summed E-state index contributed by atoms with van der Waals surface area (Å²) in [6, 6.07) is 10.6. The van der Waals surface area contributed by atoms with Gasteiger partial charge in [-0.25, -0.2) is 4.79 Å². The van der Waals surface area contributed by atoms with E-state index < -0.39 is 5.97 Å². The molecule has 6 heteroatoms. The highest BCUT2D eigenvalue weighted by molar-refractivity contribution is 9.10. The number of ether oxygens (including phenoxy) is 2. The SMILES string of the molecule is CCOC(=O)c1cccc(NC(=O)COc2ccc(Br)c(C)c2)c1C. The molecule has 0 aliphatic carbocycles. The lowest BCUT2D eigenvalue weighted by atomic mass is 10.1. The molecule has 2 rings (SSSR count). The van der Waals surface area contributed by atoms with Gasteiger partial charge in [-0.15, -0.1) is 0 Å². The van der Waals surface area contributed by atoms with Gasteiger partial charge in [0.05, 0.1) is 12.2 Å². The number of rotatable bonds is 6. The van der Waals surface area contributed by atoms with E-state index in [9.17, 15) is 9.59 Å². The van der Waals surface area contributed by atoms with E-state index in [2.05, 4.69) is 21.2 Å². The Bertz CT molecular complexity index is 789. The van der Waals surface area contributed by atoms with Crippen LogP contribution < -0.4 is 10.1 Å². The minimum absolute atomic E-state index is 0.121. The first kappa shape index (κ1) is 19.0. The van der Waals surface area contributed by atoms with Crippen LogP contribution in [-0.2, 0) is 9.53 Å². The zero-order valence-electron chi connectivity index (χ0n) is 14.4. The molecule has 0 aliphatic rings. The van der Waals surface area contributed by atoms with E-state index in [4.69, 9.17) is 9.47 Å². The highest BCUT2D eigenvalue weighted by atomic mass is 79.9. The number of amides is 1. The van der Waals surface area contributed by atoms with Crippen LogP contribution in [0.2, 0.25) is 0 Å². The number of benzene rings is 2. The summed E-state index contributed by atoms with van der Waals surface area (Å²) in [4.78, 5) is 24.0. The van der Waals surface area contributed by atoms with Crippen LogP contribution in [0.1, 0.15) is 28.4 Å². The molecule has 0 fully saturated rings. The molecular formula is C19H20BrNO4. The lowest BCUT2D eigenvalue weighted by molar-refractivity contribution is -0.118. The number of carbonyl (C=O) groups is 2. The second-order valence-corrected chi connectivity index (χ2v) is 6.30. The Morgan fingerprint density at radius 1 is 1.16 bits per heavy atom. The van der Waals surface area contributed by atoms with Gasteiger partial charge in [-0.1, -0.05) is 22.0 Å². The van der Waals surface area contributed by atoms with Crippen molar-refractivity contribution >= 4 is 33.5 Å². The zero-order chi connectivity index (χ0) is 18.4. The highest BCUT2D eigenvalue weighted by Crippen LogP contribution is 2.22. The molecule has 2 aromatic rings. The van der Waals surface area contributed by atoms with Crippen LogP contribution in [0.5, 0.6) is 5.75 Å². The number of hydrogen-bond donors (Lipinski definition) is 1. The fraction of sp³-hybridized carbons (Fsp3) is 0.263. The molecular weight excluding hydrogens is 386 g/mol. The van der Waals surface area contributed by atoms with E-state index >= 15 is 0 Å². The fourth-order valence-electron chi connectivity index (χ4n) is 2.24. The number of halogens is 1. The largest absolute Gasteiger partial charge is 0.484 e. The topological polar surface area (TPSA) is 64.6 Å². The molecule has 0 heterocycles. The Kier molecular flexibility index (Phi) is 6.58. The van der Waals surface area contributed by atoms with E-state index in [0.717, 1.165) is 10.0 Å². The van der Waals surface area contributed by atoms with Gasteiger partial charge in [0, 0.05) is 10.2 Å². The van der Waals surface area contributed by atoms with Crippen LogP contribution in [0.25, 0.3) is 0 Å². The van der Waals surface area contributed by atoms with Crippen LogP contribution in [0.3, 0.4) is 0 Å². The minimum atomic E-state index is -0.405. The highest BCUT2D eigenvalue weighted by Gasteiger charge is 2.14. The first-order valence-electron chi connectivity index (χ1n) is 7.88. The van der Waals surface area contributed by atoms with Gasteiger partial charge >= 0.3 is 5.97 Å². The molecule has 0 aliphatic heterocycles. The number of aryl methyl sites for hydroxylation is 1. The van der Waals surface area contributed by atoms with Crippen molar-refractivity contribution in [3.63, 3.8) is 0 Å². The summed E-state index contributed by atoms with van der Waals surface area (Å²) in [5.74, 6) is -0.0878. The van der Waals surface area contributed by atoms with Crippen molar-refractivity contribution in [3.05, 3.63) is 57.6 Å². The number of carbonyl (C=O) groups excluding carboxylic acids is 2. The van der Waals surface area contributed by atoms with Crippen molar-refractivity contribution in [1.82, 2.24) is 0 Å². The number of nitrogens with one attached hydrogen (secondary N) is 1. The number of anilines is 1. The van der Waals surface area contributed by atoms with Crippen molar-refractivity contribution in [2.75, 3.05) is 18.5 Å². The second-order valence-electron chi connectivity index (χ2n) is 5.45. The fourth-order valence-corrected chi connectivity index (χ4v) is 2.49. The Labute approximate surface area is 155 Å². The molecule has 0 aromatic heterocycles. The summed E-state index contributed by atoms with van der Waals surface area (Å²) in [5, 5.41) is 2.76. The predicted molar refractivity (Wildman–Crippen MR) is 100 cm³/mol. The molecule has 0 radical (unpaired) electrons. The third-order valence-corrected chi connectivity index (χ3v) is 4.49. The lowest BCUT2D eigenvalue weighted by Crippen LogP contribution is -2.21. The first-order valence-corrected chi connectivity index (χ1v) is 8.67. The number of esters is 1. The Morgan fingerprint density at radius 3 is 2.60 bits per heavy atom. The summed E-state index contributed by atoms with van der Waals surface area (Å²) in [7, 11) is 0. The lowest BCUT2D eigenvalue weighted by Gasteiger charge is -2.12. The van der Waals surface area contributed by atoms with Gasteiger partial charge in [-0.3, -0.25) is 4.79 Å². The molecule has 2 aromatic carbocycles. The van der Waals surface area contributed by atoms with E-state index in [1.807, 2.05) is 19.1 Å². The van der Waals surface area contributed by atoms with Crippen LogP contribution in [0.4, 0.5) is 5.69 Å². The summed E-state index contributed by atoms with van der Waals surface area (Å²) >= 11 is 3.42. The molecule has 25 heavy (non-hydrogen) atoms. The maximum absolute atomic E-state index is 12.1. The van der Waals surface area contributed by atoms with Crippen molar-refractivity contribution in [3.8, 4) is 5.75 Å². The molecule has 0 atom stereocenters. The van der Waals surface area contributed by atoms with Gasteiger partial charge < -0.3 is 14.8 Å². The smallest absolute Gasteiger partial charge is 0.338 e. The molecule has 0 unspecified atom stereocenters. The summed E-state index contributed by atoms with van der Waals surface area (Å²) in [5.41, 5.74) is 2.68. The van der Waals surface area contributed by atoms with Crippen molar-refractivity contribution in [1.29, 1.82) is 0 Å². The van der Waals surface area contributed by atoms with Gasteiger partial charge in [0.15, 0.2) is 6.61 Å². The zero-order valence-corrected chi connectivity index (χ0v) is 16.0. The van der Waals surface area contributed by atoms with Gasteiger partial charge in [-0.2, -0.15) is 0 Å². The Hall–Kier alpha value is -2.34. The summed E-state index contributed by atoms with van der Waals surface area (Å²) < 4.78 is 11.5. The average Bonchev–Trinajstić information content (AvgIpc) is 2.58. The third kappa shape index (κ3) is 5.06. The normalized spacial score (nSPS) is 10.2. The molecule has 0 saturated carbocycles. The number of hydrogen-bond acceptors (Lipinski definition) is 4. The minimum Gasteiger partial charge on any atom is -0.484 e. The molecule has 0 bridgehead atoms. The van der Waals surface area contributed by atoms with Gasteiger partial charge in [0.25, 0.3) is 5.91 Å². The molecule has 5 nitrogen and oxygen atoms in total. The third-order valence-electron chi connectivity index (χ3n) is 3.60. The maximum atomic E-state index is 12.1. The van der Waals surface area contributed by atoms with Crippen molar-refractivity contribution in [2.24, 2.45) is 0 Å². The van der Waals surface area contributed by atoms with Crippen LogP contribution >= 0.6 is 15.9 Å². The predicted octanol–water partition coefficient (Wildman–Crippen LogP) is 4.26. The van der Waals surface area contributed by atoms with Gasteiger partial charge in [-0.05, 0) is 62.2 Å². The van der Waals surface area contributed by atoms with Crippen LogP contribution in [0, 0.1) is 13.8 Å². The van der Waals surface area contributed by atoms with Gasteiger partial charge in [0.1, 0.15) is 5.75 Å². The quantitative estimate of drug-likeness (QED) is 0.729. The van der Waals surface area contributed by atoms with E-state index in [0.29, 0.717) is 29.2 Å². The Morgan fingerprint density at radius 2 is 1.92 bits per heavy atom. The standard InChI is InChI=1S/C19H20BrNO4/c1-4-24-19(23)15-6-5-7-17(13(15)3)21-18(22)11-25-14-8-9-16(20)12(2)10-14/h5-10H,4,11H2,1-3H3,(H,21,22). The second kappa shape index (κ2) is 8.67. The van der Waals surface area contributed by atoms with Crippen LogP contribution in [0.15, 0.2) is 40.9 Å². The van der Waals surface area contributed by atoms with E-state index in [1.165, 1.54) is 0 Å². The molecule has 132 valence electrons. The summed E-state index contributed by atoms with van der Waals surface area (Å²) in [6.07, 6.45) is 0. The molecule has 1 N–H and O–H groups in total. The monoisotopic (exact) mass is 405 g/mol. The van der Waals surface area contributed by atoms with E-state index in [-0.39, 0.29) is 12.5 Å².